The SMILES string of the molecule is COc1cccc(C(=O)N2CCS[C@@H]2c2cccc(F)c2)c1. The Labute approximate surface area is 133 Å². The van der Waals surface area contributed by atoms with Crippen LogP contribution in [-0.2, 0) is 0 Å². The van der Waals surface area contributed by atoms with Gasteiger partial charge in [0.2, 0.25) is 0 Å². The van der Waals surface area contributed by atoms with Crippen LogP contribution in [0.5, 0.6) is 5.75 Å². The highest BCUT2D eigenvalue weighted by Gasteiger charge is 2.31. The highest BCUT2D eigenvalue weighted by Crippen LogP contribution is 2.39. The van der Waals surface area contributed by atoms with Crippen molar-refractivity contribution in [2.75, 3.05) is 19.4 Å². The molecule has 1 heterocycles. The number of carbonyl (C=O) groups is 1. The van der Waals surface area contributed by atoms with E-state index in [9.17, 15) is 9.18 Å². The maximum atomic E-state index is 13.4. The Morgan fingerprint density at radius 3 is 2.86 bits per heavy atom. The molecule has 1 saturated heterocycles. The third-order valence-corrected chi connectivity index (χ3v) is 4.86. The van der Waals surface area contributed by atoms with E-state index >= 15 is 0 Å². The molecule has 1 fully saturated rings. The molecule has 1 aliphatic heterocycles. The second-order valence-electron chi connectivity index (χ2n) is 5.01. The Morgan fingerprint density at radius 2 is 2.09 bits per heavy atom. The second kappa shape index (κ2) is 6.40. The van der Waals surface area contributed by atoms with Crippen LogP contribution in [0.4, 0.5) is 4.39 Å². The number of amides is 1. The van der Waals surface area contributed by atoms with E-state index in [1.807, 2.05) is 6.07 Å². The number of halogens is 1. The fraction of sp³-hybridized carbons (Fsp3) is 0.235. The van der Waals surface area contributed by atoms with Gasteiger partial charge in [-0.3, -0.25) is 4.79 Å². The molecular formula is C17H16FNO2S. The lowest BCUT2D eigenvalue weighted by Gasteiger charge is -2.24. The van der Waals surface area contributed by atoms with Crippen molar-refractivity contribution in [2.24, 2.45) is 0 Å². The van der Waals surface area contributed by atoms with E-state index in [0.29, 0.717) is 17.9 Å². The number of benzene rings is 2. The number of thioether (sulfide) groups is 1. The largest absolute Gasteiger partial charge is 0.497 e. The van der Waals surface area contributed by atoms with Crippen LogP contribution in [-0.4, -0.2) is 30.2 Å². The van der Waals surface area contributed by atoms with Crippen LogP contribution in [0, 0.1) is 5.82 Å². The van der Waals surface area contributed by atoms with Crippen molar-refractivity contribution in [3.05, 3.63) is 65.5 Å². The molecule has 1 atom stereocenters. The molecule has 22 heavy (non-hydrogen) atoms. The summed E-state index contributed by atoms with van der Waals surface area (Å²) in [5, 5.41) is -0.144. The summed E-state index contributed by atoms with van der Waals surface area (Å²) in [7, 11) is 1.57. The topological polar surface area (TPSA) is 29.5 Å². The van der Waals surface area contributed by atoms with E-state index in [4.69, 9.17) is 4.74 Å². The van der Waals surface area contributed by atoms with E-state index in [1.165, 1.54) is 12.1 Å². The number of rotatable bonds is 3. The van der Waals surface area contributed by atoms with Crippen LogP contribution >= 0.6 is 11.8 Å². The van der Waals surface area contributed by atoms with E-state index < -0.39 is 0 Å². The quantitative estimate of drug-likeness (QED) is 0.864. The number of hydrogen-bond donors (Lipinski definition) is 0. The maximum Gasteiger partial charge on any atom is 0.255 e. The molecule has 3 rings (SSSR count). The molecule has 1 aliphatic rings. The predicted molar refractivity (Wildman–Crippen MR) is 85.6 cm³/mol. The first-order chi connectivity index (χ1) is 10.7. The smallest absolute Gasteiger partial charge is 0.255 e. The van der Waals surface area contributed by atoms with Crippen molar-refractivity contribution in [1.82, 2.24) is 4.90 Å². The van der Waals surface area contributed by atoms with Gasteiger partial charge in [-0.25, -0.2) is 4.39 Å². The molecule has 5 heteroatoms. The summed E-state index contributed by atoms with van der Waals surface area (Å²) in [6.45, 7) is 0.655. The molecule has 3 nitrogen and oxygen atoms in total. The van der Waals surface area contributed by atoms with Crippen LogP contribution in [0.3, 0.4) is 0 Å². The minimum atomic E-state index is -0.279. The predicted octanol–water partition coefficient (Wildman–Crippen LogP) is 3.72. The Hall–Kier alpha value is -2.01. The van der Waals surface area contributed by atoms with E-state index in [1.54, 1.807) is 54.1 Å². The lowest BCUT2D eigenvalue weighted by atomic mass is 10.1. The monoisotopic (exact) mass is 317 g/mol. The highest BCUT2D eigenvalue weighted by atomic mass is 32.2. The standard InChI is InChI=1S/C17H16FNO2S/c1-21-15-7-3-4-12(11-15)16(20)19-8-9-22-17(19)13-5-2-6-14(18)10-13/h2-7,10-11,17H,8-9H2,1H3/t17-/m1/s1. The fourth-order valence-electron chi connectivity index (χ4n) is 2.54. The van der Waals surface area contributed by atoms with Crippen LogP contribution in [0.25, 0.3) is 0 Å². The first-order valence-electron chi connectivity index (χ1n) is 7.01. The molecule has 1 amide bonds. The van der Waals surface area contributed by atoms with Gasteiger partial charge < -0.3 is 9.64 Å². The molecule has 2 aromatic carbocycles. The normalized spacial score (nSPS) is 17.5. The van der Waals surface area contributed by atoms with E-state index in [0.717, 1.165) is 11.3 Å². The molecule has 0 N–H and O–H groups in total. The molecule has 0 spiro atoms. The third kappa shape index (κ3) is 2.95. The van der Waals surface area contributed by atoms with Gasteiger partial charge in [-0.2, -0.15) is 0 Å². The first kappa shape index (κ1) is 14.9. The molecule has 0 radical (unpaired) electrons. The number of methoxy groups -OCH3 is 1. The van der Waals surface area contributed by atoms with Crippen LogP contribution in [0.15, 0.2) is 48.5 Å². The van der Waals surface area contributed by atoms with Gasteiger partial charge in [0.1, 0.15) is 16.9 Å². The van der Waals surface area contributed by atoms with Gasteiger partial charge in [0, 0.05) is 17.9 Å². The average molecular weight is 317 g/mol. The summed E-state index contributed by atoms with van der Waals surface area (Å²) in [6, 6.07) is 13.6. The highest BCUT2D eigenvalue weighted by molar-refractivity contribution is 7.99. The Balaban J connectivity index is 1.87. The summed E-state index contributed by atoms with van der Waals surface area (Å²) < 4.78 is 18.6. The molecular weight excluding hydrogens is 301 g/mol. The van der Waals surface area contributed by atoms with Gasteiger partial charge >= 0.3 is 0 Å². The van der Waals surface area contributed by atoms with Crippen molar-refractivity contribution in [3.63, 3.8) is 0 Å². The molecule has 2 aromatic rings. The molecule has 0 aliphatic carbocycles. The lowest BCUT2D eigenvalue weighted by molar-refractivity contribution is 0.0760. The van der Waals surface area contributed by atoms with Gasteiger partial charge in [0.25, 0.3) is 5.91 Å². The average Bonchev–Trinajstić information content (AvgIpc) is 3.04. The first-order valence-corrected chi connectivity index (χ1v) is 8.06. The summed E-state index contributed by atoms with van der Waals surface area (Å²) in [5.41, 5.74) is 1.40. The van der Waals surface area contributed by atoms with Crippen molar-refractivity contribution in [2.45, 2.75) is 5.37 Å². The summed E-state index contributed by atoms with van der Waals surface area (Å²) >= 11 is 1.65. The van der Waals surface area contributed by atoms with E-state index in [2.05, 4.69) is 0 Å². The van der Waals surface area contributed by atoms with E-state index in [-0.39, 0.29) is 17.1 Å². The van der Waals surface area contributed by atoms with Crippen LogP contribution < -0.4 is 4.74 Å². The molecule has 0 saturated carbocycles. The second-order valence-corrected chi connectivity index (χ2v) is 6.20. The summed E-state index contributed by atoms with van der Waals surface area (Å²) in [6.07, 6.45) is 0. The third-order valence-electron chi connectivity index (χ3n) is 3.60. The van der Waals surface area contributed by atoms with Gasteiger partial charge in [-0.1, -0.05) is 18.2 Å². The minimum Gasteiger partial charge on any atom is -0.497 e. The Kier molecular flexibility index (Phi) is 4.34. The molecule has 0 unspecified atom stereocenters. The Bertz CT molecular complexity index is 692. The van der Waals surface area contributed by atoms with Gasteiger partial charge in [-0.15, -0.1) is 11.8 Å². The van der Waals surface area contributed by atoms with Crippen molar-refractivity contribution >= 4 is 17.7 Å². The number of carbonyl (C=O) groups excluding carboxylic acids is 1. The van der Waals surface area contributed by atoms with Gasteiger partial charge in [0.15, 0.2) is 0 Å². The molecule has 114 valence electrons. The fourth-order valence-corrected chi connectivity index (χ4v) is 3.78. The van der Waals surface area contributed by atoms with Crippen molar-refractivity contribution in [1.29, 1.82) is 0 Å². The van der Waals surface area contributed by atoms with Gasteiger partial charge in [0.05, 0.1) is 7.11 Å². The zero-order valence-electron chi connectivity index (χ0n) is 12.2. The zero-order chi connectivity index (χ0) is 15.5. The van der Waals surface area contributed by atoms with Crippen LogP contribution in [0.2, 0.25) is 0 Å². The van der Waals surface area contributed by atoms with Crippen molar-refractivity contribution < 1.29 is 13.9 Å². The maximum absolute atomic E-state index is 13.4. The van der Waals surface area contributed by atoms with Crippen LogP contribution in [0.1, 0.15) is 21.3 Å². The molecule has 0 aromatic heterocycles. The zero-order valence-corrected chi connectivity index (χ0v) is 13.0. The lowest BCUT2D eigenvalue weighted by Crippen LogP contribution is -2.30. The molecule has 0 bridgehead atoms. The Morgan fingerprint density at radius 1 is 1.27 bits per heavy atom. The number of hydrogen-bond acceptors (Lipinski definition) is 3. The van der Waals surface area contributed by atoms with Gasteiger partial charge in [-0.05, 0) is 35.9 Å². The minimum absolute atomic E-state index is 0.0573. The van der Waals surface area contributed by atoms with Crippen molar-refractivity contribution in [3.8, 4) is 5.75 Å². The summed E-state index contributed by atoms with van der Waals surface area (Å²) in [4.78, 5) is 14.5. The number of ether oxygens (including phenoxy) is 1. The number of nitrogens with zero attached hydrogens (tertiary/aromatic N) is 1. The summed E-state index contributed by atoms with van der Waals surface area (Å²) in [5.74, 6) is 1.16.